The summed E-state index contributed by atoms with van der Waals surface area (Å²) in [5, 5.41) is 11.9. The van der Waals surface area contributed by atoms with E-state index in [1.54, 1.807) is 18.4 Å². The first-order valence-electron chi connectivity index (χ1n) is 7.90. The van der Waals surface area contributed by atoms with Crippen molar-refractivity contribution in [2.24, 2.45) is 0 Å². The quantitative estimate of drug-likeness (QED) is 0.590. The minimum atomic E-state index is -0.383. The van der Waals surface area contributed by atoms with Crippen molar-refractivity contribution < 1.29 is 14.0 Å². The molecule has 0 unspecified atom stereocenters. The third kappa shape index (κ3) is 5.38. The van der Waals surface area contributed by atoms with Gasteiger partial charge in [0.25, 0.3) is 0 Å². The monoisotopic (exact) mass is 405 g/mol. The lowest BCUT2D eigenvalue weighted by molar-refractivity contribution is -0.131. The van der Waals surface area contributed by atoms with Crippen LogP contribution in [0.2, 0.25) is 0 Å². The molecular formula is C17H16FN5O2S2. The van der Waals surface area contributed by atoms with Crippen LogP contribution in [0, 0.1) is 5.82 Å². The molecule has 0 spiro atoms. The Bertz CT molecular complexity index is 912. The second kappa shape index (κ2) is 8.78. The van der Waals surface area contributed by atoms with Crippen molar-refractivity contribution in [3.8, 4) is 10.7 Å². The number of halogens is 1. The molecule has 0 bridgehead atoms. The van der Waals surface area contributed by atoms with Crippen LogP contribution in [-0.2, 0) is 9.59 Å². The zero-order chi connectivity index (χ0) is 19.2. The summed E-state index contributed by atoms with van der Waals surface area (Å²) in [5.41, 5.74) is 0.471. The summed E-state index contributed by atoms with van der Waals surface area (Å²) in [6, 6.07) is 9.27. The zero-order valence-electron chi connectivity index (χ0n) is 14.3. The molecule has 0 saturated heterocycles. The molecular weight excluding hydrogens is 389 g/mol. The van der Waals surface area contributed by atoms with Gasteiger partial charge in [0, 0.05) is 12.7 Å². The standard InChI is InChI=1S/C17H16FN5O2S2/c1-23(9-14(24)19-12-6-4-11(18)5-7-12)15(25)10-27-17-20-16(21-22-17)13-3-2-8-26-13/h2-8H,9-10H2,1H3,(H,19,24)(H,20,21,22). The van der Waals surface area contributed by atoms with Gasteiger partial charge in [-0.2, -0.15) is 0 Å². The summed E-state index contributed by atoms with van der Waals surface area (Å²) in [6.45, 7) is -0.106. The number of hydrogen-bond donors (Lipinski definition) is 2. The Kier molecular flexibility index (Phi) is 6.20. The van der Waals surface area contributed by atoms with Crippen LogP contribution in [-0.4, -0.2) is 51.2 Å². The number of aromatic amines is 1. The Morgan fingerprint density at radius 3 is 2.78 bits per heavy atom. The molecule has 1 aromatic carbocycles. The van der Waals surface area contributed by atoms with Gasteiger partial charge in [-0.15, -0.1) is 16.4 Å². The summed E-state index contributed by atoms with van der Waals surface area (Å²) in [5.74, 6) is -0.196. The Hall–Kier alpha value is -2.72. The highest BCUT2D eigenvalue weighted by atomic mass is 32.2. The number of carbonyl (C=O) groups excluding carboxylic acids is 2. The zero-order valence-corrected chi connectivity index (χ0v) is 15.9. The number of anilines is 1. The van der Waals surface area contributed by atoms with Crippen LogP contribution in [0.15, 0.2) is 46.9 Å². The van der Waals surface area contributed by atoms with Crippen molar-refractivity contribution in [3.05, 3.63) is 47.6 Å². The molecule has 2 aromatic heterocycles. The minimum absolute atomic E-state index is 0.106. The highest BCUT2D eigenvalue weighted by Crippen LogP contribution is 2.23. The fraction of sp³-hybridized carbons (Fsp3) is 0.176. The number of benzene rings is 1. The van der Waals surface area contributed by atoms with Crippen LogP contribution in [0.1, 0.15) is 0 Å². The smallest absolute Gasteiger partial charge is 0.243 e. The van der Waals surface area contributed by atoms with Crippen molar-refractivity contribution in [1.82, 2.24) is 20.1 Å². The molecule has 3 rings (SSSR count). The number of thioether (sulfide) groups is 1. The first-order valence-corrected chi connectivity index (χ1v) is 9.76. The van der Waals surface area contributed by atoms with E-state index in [9.17, 15) is 14.0 Å². The van der Waals surface area contributed by atoms with E-state index >= 15 is 0 Å². The van der Waals surface area contributed by atoms with Gasteiger partial charge in [0.05, 0.1) is 17.2 Å². The SMILES string of the molecule is CN(CC(=O)Nc1ccc(F)cc1)C(=O)CSc1n[nH]c(-c2cccs2)n1. The van der Waals surface area contributed by atoms with Crippen molar-refractivity contribution in [3.63, 3.8) is 0 Å². The Labute approximate surface area is 163 Å². The highest BCUT2D eigenvalue weighted by Gasteiger charge is 2.15. The molecule has 0 saturated carbocycles. The number of hydrogen-bond acceptors (Lipinski definition) is 6. The Morgan fingerprint density at radius 1 is 1.30 bits per heavy atom. The number of likely N-dealkylation sites (N-methyl/N-ethyl adjacent to an activating group) is 1. The fourth-order valence-corrected chi connectivity index (χ4v) is 3.51. The maximum absolute atomic E-state index is 12.9. The fourth-order valence-electron chi connectivity index (χ4n) is 2.11. The third-order valence-corrected chi connectivity index (χ3v) is 5.19. The van der Waals surface area contributed by atoms with Gasteiger partial charge in [0.15, 0.2) is 5.82 Å². The van der Waals surface area contributed by atoms with Gasteiger partial charge in [0.2, 0.25) is 17.0 Å². The number of H-pyrrole nitrogens is 1. The summed E-state index contributed by atoms with van der Waals surface area (Å²) in [4.78, 5) is 30.8. The molecule has 0 aliphatic carbocycles. The van der Waals surface area contributed by atoms with E-state index in [1.165, 1.54) is 40.9 Å². The van der Waals surface area contributed by atoms with Gasteiger partial charge in [-0.1, -0.05) is 17.8 Å². The van der Waals surface area contributed by atoms with Crippen LogP contribution in [0.4, 0.5) is 10.1 Å². The molecule has 0 fully saturated rings. The van der Waals surface area contributed by atoms with E-state index in [0.717, 1.165) is 4.88 Å². The van der Waals surface area contributed by atoms with E-state index in [-0.39, 0.29) is 29.9 Å². The molecule has 0 aliphatic rings. The summed E-state index contributed by atoms with van der Waals surface area (Å²) >= 11 is 2.74. The lowest BCUT2D eigenvalue weighted by atomic mass is 10.3. The maximum Gasteiger partial charge on any atom is 0.243 e. The number of carbonyl (C=O) groups is 2. The Morgan fingerprint density at radius 2 is 2.07 bits per heavy atom. The number of nitrogens with one attached hydrogen (secondary N) is 2. The van der Waals surface area contributed by atoms with E-state index < -0.39 is 0 Å². The van der Waals surface area contributed by atoms with Crippen LogP contribution in [0.5, 0.6) is 0 Å². The number of rotatable bonds is 7. The van der Waals surface area contributed by atoms with Gasteiger partial charge in [0.1, 0.15) is 5.82 Å². The van der Waals surface area contributed by atoms with Crippen LogP contribution < -0.4 is 5.32 Å². The molecule has 27 heavy (non-hydrogen) atoms. The summed E-state index contributed by atoms with van der Waals surface area (Å²) in [6.07, 6.45) is 0. The van der Waals surface area contributed by atoms with Gasteiger partial charge < -0.3 is 10.2 Å². The largest absolute Gasteiger partial charge is 0.336 e. The molecule has 2 heterocycles. The third-order valence-electron chi connectivity index (χ3n) is 3.48. The molecule has 2 amide bonds. The normalized spacial score (nSPS) is 10.6. The van der Waals surface area contributed by atoms with Crippen molar-refractivity contribution in [2.45, 2.75) is 5.16 Å². The van der Waals surface area contributed by atoms with Gasteiger partial charge in [-0.25, -0.2) is 9.37 Å². The van der Waals surface area contributed by atoms with Gasteiger partial charge in [-0.05, 0) is 35.7 Å². The molecule has 10 heteroatoms. The lowest BCUT2D eigenvalue weighted by Crippen LogP contribution is -2.35. The molecule has 0 radical (unpaired) electrons. The number of amides is 2. The molecule has 7 nitrogen and oxygen atoms in total. The number of nitrogens with zero attached hydrogens (tertiary/aromatic N) is 3. The maximum atomic E-state index is 12.9. The van der Waals surface area contributed by atoms with E-state index in [0.29, 0.717) is 16.7 Å². The second-order valence-corrected chi connectivity index (χ2v) is 7.43. The van der Waals surface area contributed by atoms with Crippen molar-refractivity contribution in [2.75, 3.05) is 24.7 Å². The van der Waals surface area contributed by atoms with Gasteiger partial charge in [-0.3, -0.25) is 14.7 Å². The van der Waals surface area contributed by atoms with Crippen LogP contribution >= 0.6 is 23.1 Å². The summed E-state index contributed by atoms with van der Waals surface area (Å²) in [7, 11) is 1.54. The molecule has 0 aliphatic heterocycles. The first-order chi connectivity index (χ1) is 13.0. The van der Waals surface area contributed by atoms with Crippen LogP contribution in [0.3, 0.4) is 0 Å². The number of thiophene rings is 1. The molecule has 0 atom stereocenters. The second-order valence-electron chi connectivity index (χ2n) is 5.54. The minimum Gasteiger partial charge on any atom is -0.336 e. The predicted octanol–water partition coefficient (Wildman–Crippen LogP) is 2.86. The summed E-state index contributed by atoms with van der Waals surface area (Å²) < 4.78 is 12.9. The average molecular weight is 405 g/mol. The van der Waals surface area contributed by atoms with Gasteiger partial charge >= 0.3 is 0 Å². The molecule has 140 valence electrons. The van der Waals surface area contributed by atoms with E-state index in [2.05, 4.69) is 20.5 Å². The van der Waals surface area contributed by atoms with Crippen LogP contribution in [0.25, 0.3) is 10.7 Å². The predicted molar refractivity (Wildman–Crippen MR) is 103 cm³/mol. The van der Waals surface area contributed by atoms with Crippen molar-refractivity contribution >= 4 is 40.6 Å². The highest BCUT2D eigenvalue weighted by molar-refractivity contribution is 7.99. The Balaban J connectivity index is 1.46. The van der Waals surface area contributed by atoms with E-state index in [1.807, 2.05) is 17.5 Å². The lowest BCUT2D eigenvalue weighted by Gasteiger charge is -2.16. The first kappa shape index (κ1) is 19.1. The molecule has 2 N–H and O–H groups in total. The average Bonchev–Trinajstić information content (AvgIpc) is 3.33. The topological polar surface area (TPSA) is 91.0 Å². The van der Waals surface area contributed by atoms with Crippen molar-refractivity contribution in [1.29, 1.82) is 0 Å². The number of aromatic nitrogens is 3. The van der Waals surface area contributed by atoms with E-state index in [4.69, 9.17) is 0 Å². The molecule has 3 aromatic rings.